The van der Waals surface area contributed by atoms with Gasteiger partial charge in [-0.05, 0) is 50.5 Å². The maximum Gasteiger partial charge on any atom is 0.243 e. The molecule has 1 N–H and O–H groups in total. The molecule has 2 rings (SSSR count). The summed E-state index contributed by atoms with van der Waals surface area (Å²) in [7, 11) is -3.69. The maximum atomic E-state index is 12.9. The molecule has 0 radical (unpaired) electrons. The molecular weight excluding hydrogens is 408 g/mol. The Bertz CT molecular complexity index is 664. The number of carbonyl (C=O) groups excluding carboxylic acids is 1. The van der Waals surface area contributed by atoms with Gasteiger partial charge in [0.15, 0.2) is 0 Å². The number of nitrogens with zero attached hydrogens (tertiary/aromatic N) is 1. The van der Waals surface area contributed by atoms with Gasteiger partial charge >= 0.3 is 0 Å². The van der Waals surface area contributed by atoms with E-state index in [4.69, 9.17) is 4.74 Å². The molecule has 1 saturated heterocycles. The lowest BCUT2D eigenvalue weighted by Crippen LogP contribution is -2.51. The molecule has 6 nitrogen and oxygen atoms in total. The summed E-state index contributed by atoms with van der Waals surface area (Å²) in [5, 5.41) is 2.84. The van der Waals surface area contributed by atoms with Crippen molar-refractivity contribution in [3.8, 4) is 0 Å². The Morgan fingerprint density at radius 1 is 1.32 bits per heavy atom. The second-order valence-electron chi connectivity index (χ2n) is 5.92. The van der Waals surface area contributed by atoms with Gasteiger partial charge in [-0.1, -0.05) is 22.4 Å². The highest BCUT2D eigenvalue weighted by Crippen LogP contribution is 2.26. The summed E-state index contributed by atoms with van der Waals surface area (Å²) in [6.07, 6.45) is 2.88. The van der Waals surface area contributed by atoms with Crippen molar-refractivity contribution in [3.63, 3.8) is 0 Å². The number of halogens is 1. The van der Waals surface area contributed by atoms with Crippen LogP contribution in [-0.2, 0) is 19.6 Å². The summed E-state index contributed by atoms with van der Waals surface area (Å²) in [4.78, 5) is 12.7. The Labute approximate surface area is 158 Å². The lowest BCUT2D eigenvalue weighted by molar-refractivity contribution is -0.125. The van der Waals surface area contributed by atoms with Crippen LogP contribution in [0.4, 0.5) is 0 Å². The van der Waals surface area contributed by atoms with Crippen LogP contribution in [0.2, 0.25) is 0 Å². The number of sulfonamides is 1. The van der Waals surface area contributed by atoms with Gasteiger partial charge in [-0.15, -0.1) is 0 Å². The third kappa shape index (κ3) is 5.51. The topological polar surface area (TPSA) is 75.7 Å². The normalized spacial score (nSPS) is 18.9. The van der Waals surface area contributed by atoms with Gasteiger partial charge in [0.05, 0.1) is 4.90 Å². The highest BCUT2D eigenvalue weighted by atomic mass is 79.9. The summed E-state index contributed by atoms with van der Waals surface area (Å²) >= 11 is 3.31. The number of hydrogen-bond acceptors (Lipinski definition) is 4. The van der Waals surface area contributed by atoms with Gasteiger partial charge in [0, 0.05) is 30.8 Å². The fraction of sp³-hybridized carbons (Fsp3) is 0.588. The molecule has 8 heteroatoms. The lowest BCUT2D eigenvalue weighted by atomic mass is 10.0. The average Bonchev–Trinajstić information content (AvgIpc) is 2.62. The van der Waals surface area contributed by atoms with Crippen molar-refractivity contribution in [2.45, 2.75) is 43.5 Å². The predicted octanol–water partition coefficient (Wildman–Crippen LogP) is 2.54. The van der Waals surface area contributed by atoms with E-state index in [0.717, 1.165) is 17.3 Å². The first kappa shape index (κ1) is 20.4. The monoisotopic (exact) mass is 432 g/mol. The van der Waals surface area contributed by atoms with Crippen LogP contribution >= 0.6 is 15.9 Å². The number of amides is 1. The lowest BCUT2D eigenvalue weighted by Gasteiger charge is -2.33. The van der Waals surface area contributed by atoms with Gasteiger partial charge in [-0.2, -0.15) is 4.31 Å². The molecule has 1 heterocycles. The largest absolute Gasteiger partial charge is 0.382 e. The fourth-order valence-corrected chi connectivity index (χ4v) is 4.77. The SMILES string of the molecule is CCOCCCNC(=O)C1CCCCN1S(=O)(=O)c1ccc(Br)cc1. The first-order valence-corrected chi connectivity index (χ1v) is 10.8. The number of carbonyl (C=O) groups is 1. The van der Waals surface area contributed by atoms with Crippen molar-refractivity contribution >= 4 is 31.9 Å². The van der Waals surface area contributed by atoms with E-state index < -0.39 is 16.1 Å². The van der Waals surface area contributed by atoms with Gasteiger partial charge < -0.3 is 10.1 Å². The molecule has 140 valence electrons. The summed E-state index contributed by atoms with van der Waals surface area (Å²) in [5.74, 6) is -0.225. The number of benzene rings is 1. The van der Waals surface area contributed by atoms with Crippen LogP contribution in [0.25, 0.3) is 0 Å². The number of piperidine rings is 1. The van der Waals surface area contributed by atoms with Crippen LogP contribution in [0.1, 0.15) is 32.6 Å². The third-order valence-electron chi connectivity index (χ3n) is 4.15. The van der Waals surface area contributed by atoms with Gasteiger partial charge in [0.1, 0.15) is 6.04 Å². The van der Waals surface area contributed by atoms with Gasteiger partial charge in [-0.25, -0.2) is 8.42 Å². The number of rotatable bonds is 8. The molecule has 1 aliphatic heterocycles. The van der Waals surface area contributed by atoms with Crippen molar-refractivity contribution < 1.29 is 17.9 Å². The second kappa shape index (κ2) is 9.66. The standard InChI is InChI=1S/C17H25BrN2O4S/c1-2-24-13-5-11-19-17(21)16-6-3-4-12-20(16)25(22,23)15-9-7-14(18)8-10-15/h7-10,16H,2-6,11-13H2,1H3,(H,19,21). The number of nitrogens with one attached hydrogen (secondary N) is 1. The van der Waals surface area contributed by atoms with E-state index in [2.05, 4.69) is 21.2 Å². The molecule has 25 heavy (non-hydrogen) atoms. The van der Waals surface area contributed by atoms with Gasteiger partial charge in [-0.3, -0.25) is 4.79 Å². The highest BCUT2D eigenvalue weighted by molar-refractivity contribution is 9.10. The minimum Gasteiger partial charge on any atom is -0.382 e. The van der Waals surface area contributed by atoms with Gasteiger partial charge in [0.2, 0.25) is 15.9 Å². The van der Waals surface area contributed by atoms with E-state index in [0.29, 0.717) is 39.1 Å². The van der Waals surface area contributed by atoms with Crippen molar-refractivity contribution in [1.82, 2.24) is 9.62 Å². The molecule has 0 spiro atoms. The molecule has 1 unspecified atom stereocenters. The third-order valence-corrected chi connectivity index (χ3v) is 6.60. The average molecular weight is 433 g/mol. The summed E-state index contributed by atoms with van der Waals surface area (Å²) in [6.45, 7) is 4.01. The van der Waals surface area contributed by atoms with Crippen LogP contribution in [0.3, 0.4) is 0 Å². The smallest absolute Gasteiger partial charge is 0.243 e. The van der Waals surface area contributed by atoms with E-state index >= 15 is 0 Å². The minimum atomic E-state index is -3.69. The van der Waals surface area contributed by atoms with E-state index in [-0.39, 0.29) is 10.8 Å². The van der Waals surface area contributed by atoms with Gasteiger partial charge in [0.25, 0.3) is 0 Å². The molecular formula is C17H25BrN2O4S. The van der Waals surface area contributed by atoms with E-state index in [9.17, 15) is 13.2 Å². The molecule has 1 amide bonds. The van der Waals surface area contributed by atoms with E-state index in [1.165, 1.54) is 4.31 Å². The zero-order valence-corrected chi connectivity index (χ0v) is 16.8. The molecule has 0 aromatic heterocycles. The molecule has 0 saturated carbocycles. The Hall–Kier alpha value is -0.960. The Balaban J connectivity index is 2.06. The number of hydrogen-bond donors (Lipinski definition) is 1. The fourth-order valence-electron chi connectivity index (χ4n) is 2.84. The van der Waals surface area contributed by atoms with Crippen LogP contribution in [0, 0.1) is 0 Å². The predicted molar refractivity (Wildman–Crippen MR) is 99.8 cm³/mol. The Morgan fingerprint density at radius 2 is 2.04 bits per heavy atom. The van der Waals surface area contributed by atoms with Crippen LogP contribution in [0.5, 0.6) is 0 Å². The van der Waals surface area contributed by atoms with Crippen molar-refractivity contribution in [1.29, 1.82) is 0 Å². The van der Waals surface area contributed by atoms with Crippen molar-refractivity contribution in [3.05, 3.63) is 28.7 Å². The molecule has 1 aromatic rings. The maximum absolute atomic E-state index is 12.9. The zero-order valence-electron chi connectivity index (χ0n) is 14.4. The van der Waals surface area contributed by atoms with Crippen LogP contribution < -0.4 is 5.32 Å². The first-order valence-electron chi connectivity index (χ1n) is 8.59. The Kier molecular flexibility index (Phi) is 7.86. The quantitative estimate of drug-likeness (QED) is 0.640. The van der Waals surface area contributed by atoms with Crippen LogP contribution in [0.15, 0.2) is 33.6 Å². The molecule has 1 atom stereocenters. The summed E-state index contributed by atoms with van der Waals surface area (Å²) in [6, 6.07) is 5.87. The Morgan fingerprint density at radius 3 is 2.72 bits per heavy atom. The first-order chi connectivity index (χ1) is 12.0. The van der Waals surface area contributed by atoms with Crippen molar-refractivity contribution in [2.75, 3.05) is 26.3 Å². The summed E-state index contributed by atoms with van der Waals surface area (Å²) in [5.41, 5.74) is 0. The van der Waals surface area contributed by atoms with E-state index in [1.54, 1.807) is 24.3 Å². The molecule has 1 aromatic carbocycles. The molecule has 0 aliphatic carbocycles. The highest BCUT2D eigenvalue weighted by Gasteiger charge is 2.37. The number of ether oxygens (including phenoxy) is 1. The molecule has 1 fully saturated rings. The minimum absolute atomic E-state index is 0.215. The molecule has 1 aliphatic rings. The summed E-state index contributed by atoms with van der Waals surface area (Å²) < 4.78 is 33.3. The van der Waals surface area contributed by atoms with E-state index in [1.807, 2.05) is 6.92 Å². The second-order valence-corrected chi connectivity index (χ2v) is 8.73. The van der Waals surface area contributed by atoms with Crippen LogP contribution in [-0.4, -0.2) is 51.0 Å². The molecule has 0 bridgehead atoms. The zero-order chi connectivity index (χ0) is 18.3. The van der Waals surface area contributed by atoms with Crippen molar-refractivity contribution in [2.24, 2.45) is 0 Å².